The van der Waals surface area contributed by atoms with Gasteiger partial charge in [-0.25, -0.2) is 0 Å². The van der Waals surface area contributed by atoms with Gasteiger partial charge in [0.25, 0.3) is 5.91 Å². The van der Waals surface area contributed by atoms with Gasteiger partial charge in [-0.15, -0.1) is 0 Å². The van der Waals surface area contributed by atoms with Gasteiger partial charge in [0.2, 0.25) is 5.91 Å². The molecule has 1 heterocycles. The number of pyridine rings is 1. The minimum atomic E-state index is -0.807. The van der Waals surface area contributed by atoms with Crippen LogP contribution in [0.2, 0.25) is 0 Å². The second-order valence-electron chi connectivity index (χ2n) is 6.96. The summed E-state index contributed by atoms with van der Waals surface area (Å²) in [5.41, 5.74) is 2.05. The van der Waals surface area contributed by atoms with Crippen LogP contribution < -0.4 is 20.7 Å². The van der Waals surface area contributed by atoms with Gasteiger partial charge >= 0.3 is 0 Å². The smallest absolute Gasteiger partial charge is 0.251 e. The average Bonchev–Trinajstić information content (AvgIpc) is 2.82. The van der Waals surface area contributed by atoms with Crippen LogP contribution in [-0.4, -0.2) is 36.2 Å². The highest BCUT2D eigenvalue weighted by Gasteiger charge is 2.23. The Balaban J connectivity index is 1.94. The summed E-state index contributed by atoms with van der Waals surface area (Å²) in [7, 11) is 1.50. The molecule has 3 N–H and O–H groups in total. The maximum atomic E-state index is 13.2. The number of benzene rings is 2. The lowest BCUT2D eigenvalue weighted by Gasteiger charge is -2.22. The fraction of sp³-hybridized carbons (Fsp3) is 0.167. The van der Waals surface area contributed by atoms with Crippen molar-refractivity contribution in [2.24, 2.45) is 0 Å². The molecule has 3 rings (SSSR count). The molecule has 8 nitrogen and oxygen atoms in total. The Morgan fingerprint density at radius 1 is 1.00 bits per heavy atom. The molecule has 2 aromatic carbocycles. The number of carbonyl (C=O) groups excluding carboxylic acids is 3. The van der Waals surface area contributed by atoms with E-state index in [1.54, 1.807) is 54.9 Å². The average molecular weight is 432 g/mol. The lowest BCUT2D eigenvalue weighted by atomic mass is 10.0. The third-order valence-electron chi connectivity index (χ3n) is 4.67. The second kappa shape index (κ2) is 10.7. The number of aromatic nitrogens is 1. The topological polar surface area (TPSA) is 109 Å². The molecule has 0 radical (unpaired) electrons. The van der Waals surface area contributed by atoms with Crippen LogP contribution in [0, 0.1) is 0 Å². The van der Waals surface area contributed by atoms with E-state index in [4.69, 9.17) is 4.74 Å². The zero-order valence-electron chi connectivity index (χ0n) is 17.8. The van der Waals surface area contributed by atoms with Crippen LogP contribution in [0.3, 0.4) is 0 Å². The summed E-state index contributed by atoms with van der Waals surface area (Å²) in [6, 6.07) is 16.7. The van der Waals surface area contributed by atoms with Crippen molar-refractivity contribution in [3.8, 4) is 5.75 Å². The molecular formula is C24H24N4O4. The van der Waals surface area contributed by atoms with Crippen LogP contribution in [0.4, 0.5) is 11.4 Å². The van der Waals surface area contributed by atoms with Crippen molar-refractivity contribution >= 4 is 29.0 Å². The van der Waals surface area contributed by atoms with Gasteiger partial charge in [-0.3, -0.25) is 19.4 Å². The predicted molar refractivity (Wildman–Crippen MR) is 122 cm³/mol. The molecule has 0 fully saturated rings. The van der Waals surface area contributed by atoms with E-state index in [2.05, 4.69) is 20.9 Å². The number of methoxy groups -OCH3 is 1. The van der Waals surface area contributed by atoms with E-state index in [0.717, 1.165) is 0 Å². The summed E-state index contributed by atoms with van der Waals surface area (Å²) in [5.74, 6) is -0.458. The monoisotopic (exact) mass is 432 g/mol. The van der Waals surface area contributed by atoms with E-state index in [1.807, 2.05) is 18.2 Å². The number of amides is 2. The number of hydrogen-bond donors (Lipinski definition) is 3. The largest absolute Gasteiger partial charge is 0.497 e. The lowest BCUT2D eigenvalue weighted by molar-refractivity contribution is -0.119. The lowest BCUT2D eigenvalue weighted by Crippen LogP contribution is -2.30. The van der Waals surface area contributed by atoms with Crippen LogP contribution in [0.15, 0.2) is 73.1 Å². The fourth-order valence-corrected chi connectivity index (χ4v) is 3.05. The van der Waals surface area contributed by atoms with E-state index in [0.29, 0.717) is 28.3 Å². The standard InChI is InChI=1S/C24H24N4O4/c1-16(29)26-15-22(30)20-14-19(32-2)8-9-21(20)28-23(17-10-12-25-13-11-17)24(31)27-18-6-4-3-5-7-18/h3-14,23,28H,15H2,1-2H3,(H,26,29)(H,27,31). The number of carbonyl (C=O) groups is 3. The van der Waals surface area contributed by atoms with Crippen molar-refractivity contribution in [2.45, 2.75) is 13.0 Å². The third-order valence-corrected chi connectivity index (χ3v) is 4.67. The zero-order chi connectivity index (χ0) is 22.9. The number of ketones is 1. The fourth-order valence-electron chi connectivity index (χ4n) is 3.05. The third kappa shape index (κ3) is 5.91. The number of para-hydroxylation sites is 1. The van der Waals surface area contributed by atoms with Crippen molar-refractivity contribution in [3.05, 3.63) is 84.2 Å². The molecule has 0 saturated heterocycles. The SMILES string of the molecule is COc1ccc(NC(C(=O)Nc2ccccc2)c2ccncc2)c(C(=O)CNC(C)=O)c1. The van der Waals surface area contributed by atoms with Crippen molar-refractivity contribution in [1.29, 1.82) is 0 Å². The highest BCUT2D eigenvalue weighted by atomic mass is 16.5. The molecule has 2 amide bonds. The number of nitrogens with one attached hydrogen (secondary N) is 3. The highest BCUT2D eigenvalue weighted by Crippen LogP contribution is 2.27. The Morgan fingerprint density at radius 3 is 2.38 bits per heavy atom. The molecule has 164 valence electrons. The number of rotatable bonds is 9. The molecule has 3 aromatic rings. The first-order valence-electron chi connectivity index (χ1n) is 9.96. The second-order valence-corrected chi connectivity index (χ2v) is 6.96. The summed E-state index contributed by atoms with van der Waals surface area (Å²) in [5, 5.41) is 8.56. The van der Waals surface area contributed by atoms with Crippen LogP contribution in [0.1, 0.15) is 28.9 Å². The first kappa shape index (κ1) is 22.5. The molecule has 8 heteroatoms. The molecule has 1 unspecified atom stereocenters. The van der Waals surface area contributed by atoms with E-state index < -0.39 is 6.04 Å². The summed E-state index contributed by atoms with van der Waals surface area (Å²) >= 11 is 0. The minimum absolute atomic E-state index is 0.173. The Kier molecular flexibility index (Phi) is 7.53. The molecule has 1 atom stereocenters. The van der Waals surface area contributed by atoms with Gasteiger partial charge < -0.3 is 20.7 Å². The van der Waals surface area contributed by atoms with Gasteiger partial charge in [0.15, 0.2) is 5.78 Å². The van der Waals surface area contributed by atoms with Crippen molar-refractivity contribution < 1.29 is 19.1 Å². The molecule has 0 spiro atoms. The normalized spacial score (nSPS) is 11.2. The predicted octanol–water partition coefficient (Wildman–Crippen LogP) is 3.20. The van der Waals surface area contributed by atoms with Gasteiger partial charge in [-0.2, -0.15) is 0 Å². The maximum absolute atomic E-state index is 13.2. The summed E-state index contributed by atoms with van der Waals surface area (Å²) in [4.78, 5) is 41.2. The Labute approximate surface area is 186 Å². The molecule has 0 aliphatic rings. The molecule has 0 saturated carbocycles. The van der Waals surface area contributed by atoms with Crippen LogP contribution >= 0.6 is 0 Å². The Hall–Kier alpha value is -4.20. The van der Waals surface area contributed by atoms with Gasteiger partial charge in [0, 0.05) is 36.3 Å². The van der Waals surface area contributed by atoms with Crippen molar-refractivity contribution in [2.75, 3.05) is 24.3 Å². The number of anilines is 2. The first-order chi connectivity index (χ1) is 15.5. The Bertz CT molecular complexity index is 1090. The summed E-state index contributed by atoms with van der Waals surface area (Å²) < 4.78 is 5.25. The van der Waals surface area contributed by atoms with E-state index >= 15 is 0 Å². The number of nitrogens with zero attached hydrogens (tertiary/aromatic N) is 1. The molecule has 0 aliphatic carbocycles. The molecular weight excluding hydrogens is 408 g/mol. The van der Waals surface area contributed by atoms with E-state index in [9.17, 15) is 14.4 Å². The van der Waals surface area contributed by atoms with E-state index in [-0.39, 0.29) is 24.1 Å². The van der Waals surface area contributed by atoms with Crippen LogP contribution in [0.5, 0.6) is 5.75 Å². The summed E-state index contributed by atoms with van der Waals surface area (Å²) in [6.07, 6.45) is 3.19. The van der Waals surface area contributed by atoms with Crippen molar-refractivity contribution in [3.63, 3.8) is 0 Å². The summed E-state index contributed by atoms with van der Waals surface area (Å²) in [6.45, 7) is 1.17. The quantitative estimate of drug-likeness (QED) is 0.448. The zero-order valence-corrected chi connectivity index (χ0v) is 17.8. The number of hydrogen-bond acceptors (Lipinski definition) is 6. The minimum Gasteiger partial charge on any atom is -0.497 e. The Morgan fingerprint density at radius 2 is 1.72 bits per heavy atom. The van der Waals surface area contributed by atoms with Crippen LogP contribution in [-0.2, 0) is 9.59 Å². The van der Waals surface area contributed by atoms with E-state index in [1.165, 1.54) is 14.0 Å². The first-order valence-corrected chi connectivity index (χ1v) is 9.96. The molecule has 0 aliphatic heterocycles. The number of Topliss-reactive ketones (excluding diaryl/α,β-unsaturated/α-hetero) is 1. The highest BCUT2D eigenvalue weighted by molar-refractivity contribution is 6.05. The van der Waals surface area contributed by atoms with Gasteiger partial charge in [0.1, 0.15) is 11.8 Å². The van der Waals surface area contributed by atoms with Gasteiger partial charge in [-0.05, 0) is 48.0 Å². The number of ether oxygens (including phenoxy) is 1. The molecule has 0 bridgehead atoms. The molecule has 32 heavy (non-hydrogen) atoms. The maximum Gasteiger partial charge on any atom is 0.251 e. The van der Waals surface area contributed by atoms with Crippen LogP contribution in [0.25, 0.3) is 0 Å². The van der Waals surface area contributed by atoms with Crippen molar-refractivity contribution in [1.82, 2.24) is 10.3 Å². The molecule has 1 aromatic heterocycles. The van der Waals surface area contributed by atoms with Gasteiger partial charge in [0.05, 0.1) is 13.7 Å². The van der Waals surface area contributed by atoms with Gasteiger partial charge in [-0.1, -0.05) is 18.2 Å².